The fraction of sp³-hybridized carbons (Fsp3) is 0.350. The Morgan fingerprint density at radius 2 is 2.11 bits per heavy atom. The number of halogens is 1. The maximum absolute atomic E-state index is 13.6. The number of fused-ring (bicyclic) bond motifs is 1. The first-order valence-corrected chi connectivity index (χ1v) is 9.42. The highest BCUT2D eigenvalue weighted by molar-refractivity contribution is 5.64. The van der Waals surface area contributed by atoms with Crippen molar-refractivity contribution in [1.29, 1.82) is 0 Å². The van der Waals surface area contributed by atoms with Gasteiger partial charge < -0.3 is 19.4 Å². The Bertz CT molecular complexity index is 1010. The Morgan fingerprint density at radius 1 is 1.18 bits per heavy atom. The van der Waals surface area contributed by atoms with Gasteiger partial charge in [0.25, 0.3) is 0 Å². The summed E-state index contributed by atoms with van der Waals surface area (Å²) in [7, 11) is 0. The minimum Gasteiger partial charge on any atom is -0.391 e. The van der Waals surface area contributed by atoms with E-state index in [-0.39, 0.29) is 11.9 Å². The number of aliphatic hydroxyl groups excluding tert-OH is 1. The second kappa shape index (κ2) is 6.87. The third-order valence-electron chi connectivity index (χ3n) is 5.32. The molecule has 4 heterocycles. The summed E-state index contributed by atoms with van der Waals surface area (Å²) in [6, 6.07) is 8.25. The molecule has 1 atom stereocenters. The quantitative estimate of drug-likeness (QED) is 0.746. The first-order valence-electron chi connectivity index (χ1n) is 9.42. The van der Waals surface area contributed by atoms with Crippen LogP contribution in [0.5, 0.6) is 0 Å². The number of rotatable bonds is 3. The lowest BCUT2D eigenvalue weighted by Crippen LogP contribution is -2.32. The molecule has 0 unspecified atom stereocenters. The Balaban J connectivity index is 1.43. The molecule has 0 bridgehead atoms. The zero-order valence-corrected chi connectivity index (χ0v) is 15.3. The monoisotopic (exact) mass is 381 g/mol. The average molecular weight is 381 g/mol. The van der Waals surface area contributed by atoms with Crippen molar-refractivity contribution in [2.24, 2.45) is 0 Å². The van der Waals surface area contributed by atoms with Crippen LogP contribution in [-0.4, -0.2) is 46.0 Å². The van der Waals surface area contributed by atoms with Crippen molar-refractivity contribution >= 4 is 11.8 Å². The van der Waals surface area contributed by atoms with Gasteiger partial charge in [0, 0.05) is 43.4 Å². The van der Waals surface area contributed by atoms with E-state index in [4.69, 9.17) is 9.51 Å². The normalized spacial score (nSPS) is 19.1. The molecular weight excluding hydrogens is 361 g/mol. The SMILES string of the molecule is O[C@@H]1CCN(c2ccnc(N3CCc4onc(-c5cccc(F)c5)c4C3)n2)C1. The molecule has 0 saturated carbocycles. The van der Waals surface area contributed by atoms with Gasteiger partial charge in [0.05, 0.1) is 12.6 Å². The molecule has 1 fully saturated rings. The standard InChI is InChI=1S/C20H20FN5O2/c21-14-3-1-2-13(10-14)19-16-12-26(9-6-17(16)28-24-19)20-22-7-4-18(23-20)25-8-5-15(27)11-25/h1-4,7,10,15,27H,5-6,8-9,11-12H2/t15-/m1/s1. The number of nitrogens with zero attached hydrogens (tertiary/aromatic N) is 5. The number of hydrogen-bond acceptors (Lipinski definition) is 7. The summed E-state index contributed by atoms with van der Waals surface area (Å²) >= 11 is 0. The minimum atomic E-state index is -0.304. The van der Waals surface area contributed by atoms with Gasteiger partial charge in [-0.1, -0.05) is 17.3 Å². The van der Waals surface area contributed by atoms with E-state index >= 15 is 0 Å². The van der Waals surface area contributed by atoms with E-state index in [2.05, 4.69) is 19.9 Å². The smallest absolute Gasteiger partial charge is 0.227 e. The number of benzene rings is 1. The summed E-state index contributed by atoms with van der Waals surface area (Å²) in [6.45, 7) is 2.65. The third kappa shape index (κ3) is 3.09. The first kappa shape index (κ1) is 17.1. The van der Waals surface area contributed by atoms with Gasteiger partial charge in [-0.15, -0.1) is 0 Å². The summed E-state index contributed by atoms with van der Waals surface area (Å²) in [6.07, 6.45) is 2.89. The van der Waals surface area contributed by atoms with E-state index in [1.807, 2.05) is 12.1 Å². The van der Waals surface area contributed by atoms with Crippen molar-refractivity contribution in [3.8, 4) is 11.3 Å². The molecule has 2 aliphatic heterocycles. The average Bonchev–Trinajstić information content (AvgIpc) is 3.34. The van der Waals surface area contributed by atoms with E-state index < -0.39 is 0 Å². The van der Waals surface area contributed by atoms with Gasteiger partial charge in [-0.25, -0.2) is 9.37 Å². The van der Waals surface area contributed by atoms with Crippen LogP contribution in [0.15, 0.2) is 41.1 Å². The predicted octanol–water partition coefficient (Wildman–Crippen LogP) is 2.40. The number of β-amino-alcohol motifs (C(OH)–C–C–N with tert-alkyl or cyclic N) is 1. The molecular formula is C20H20FN5O2. The van der Waals surface area contributed by atoms with Crippen molar-refractivity contribution in [1.82, 2.24) is 15.1 Å². The largest absolute Gasteiger partial charge is 0.391 e. The van der Waals surface area contributed by atoms with Crippen molar-refractivity contribution in [3.05, 3.63) is 53.7 Å². The first-order chi connectivity index (χ1) is 13.7. The van der Waals surface area contributed by atoms with Crippen LogP contribution in [0.4, 0.5) is 16.2 Å². The summed E-state index contributed by atoms with van der Waals surface area (Å²) in [5, 5.41) is 14.0. The van der Waals surface area contributed by atoms with Crippen molar-refractivity contribution in [3.63, 3.8) is 0 Å². The Labute approximate surface area is 161 Å². The van der Waals surface area contributed by atoms with Crippen molar-refractivity contribution < 1.29 is 14.0 Å². The van der Waals surface area contributed by atoms with E-state index in [9.17, 15) is 9.50 Å². The Hall–Kier alpha value is -3.00. The molecule has 1 saturated heterocycles. The van der Waals surface area contributed by atoms with E-state index in [0.717, 1.165) is 36.7 Å². The molecule has 3 aromatic rings. The highest BCUT2D eigenvalue weighted by Gasteiger charge is 2.27. The molecule has 0 radical (unpaired) electrons. The second-order valence-corrected chi connectivity index (χ2v) is 7.22. The Morgan fingerprint density at radius 3 is 2.93 bits per heavy atom. The molecule has 28 heavy (non-hydrogen) atoms. The molecule has 5 rings (SSSR count). The molecule has 1 N–H and O–H groups in total. The van der Waals surface area contributed by atoms with Crippen LogP contribution >= 0.6 is 0 Å². The fourth-order valence-electron chi connectivity index (χ4n) is 3.86. The number of aliphatic hydroxyl groups is 1. The molecule has 7 nitrogen and oxygen atoms in total. The van der Waals surface area contributed by atoms with Crippen LogP contribution in [0.2, 0.25) is 0 Å². The van der Waals surface area contributed by atoms with Gasteiger partial charge in [-0.2, -0.15) is 4.98 Å². The fourth-order valence-corrected chi connectivity index (χ4v) is 3.86. The van der Waals surface area contributed by atoms with Crippen LogP contribution in [0.25, 0.3) is 11.3 Å². The zero-order valence-electron chi connectivity index (χ0n) is 15.3. The van der Waals surface area contributed by atoms with Crippen LogP contribution in [0.1, 0.15) is 17.7 Å². The van der Waals surface area contributed by atoms with Gasteiger partial charge in [0.2, 0.25) is 5.95 Å². The predicted molar refractivity (Wildman–Crippen MR) is 102 cm³/mol. The van der Waals surface area contributed by atoms with Crippen LogP contribution < -0.4 is 9.80 Å². The maximum Gasteiger partial charge on any atom is 0.227 e. The molecule has 0 amide bonds. The highest BCUT2D eigenvalue weighted by Crippen LogP contribution is 2.32. The molecule has 0 spiro atoms. The summed E-state index contributed by atoms with van der Waals surface area (Å²) in [4.78, 5) is 13.3. The number of hydrogen-bond donors (Lipinski definition) is 1. The lowest BCUT2D eigenvalue weighted by Gasteiger charge is -2.27. The van der Waals surface area contributed by atoms with Crippen molar-refractivity contribution in [2.75, 3.05) is 29.4 Å². The van der Waals surface area contributed by atoms with E-state index in [1.165, 1.54) is 12.1 Å². The van der Waals surface area contributed by atoms with Crippen LogP contribution in [0.3, 0.4) is 0 Å². The molecule has 2 aliphatic rings. The van der Waals surface area contributed by atoms with Crippen LogP contribution in [-0.2, 0) is 13.0 Å². The van der Waals surface area contributed by atoms with Gasteiger partial charge in [0.1, 0.15) is 23.1 Å². The van der Waals surface area contributed by atoms with Gasteiger partial charge >= 0.3 is 0 Å². The molecule has 2 aromatic heterocycles. The molecule has 8 heteroatoms. The zero-order chi connectivity index (χ0) is 19.1. The summed E-state index contributed by atoms with van der Waals surface area (Å²) < 4.78 is 19.1. The minimum absolute atomic E-state index is 0.300. The highest BCUT2D eigenvalue weighted by atomic mass is 19.1. The summed E-state index contributed by atoms with van der Waals surface area (Å²) in [5.74, 6) is 1.99. The number of aromatic nitrogens is 3. The van der Waals surface area contributed by atoms with Gasteiger partial charge in [-0.05, 0) is 24.6 Å². The van der Waals surface area contributed by atoms with Gasteiger partial charge in [0.15, 0.2) is 0 Å². The van der Waals surface area contributed by atoms with Crippen molar-refractivity contribution in [2.45, 2.75) is 25.5 Å². The lowest BCUT2D eigenvalue weighted by molar-refractivity contribution is 0.198. The van der Waals surface area contributed by atoms with E-state index in [1.54, 1.807) is 12.3 Å². The maximum atomic E-state index is 13.6. The molecule has 144 valence electrons. The molecule has 0 aliphatic carbocycles. The Kier molecular flexibility index (Phi) is 4.20. The molecule has 1 aromatic carbocycles. The second-order valence-electron chi connectivity index (χ2n) is 7.22. The van der Waals surface area contributed by atoms with Crippen LogP contribution in [0, 0.1) is 5.82 Å². The van der Waals surface area contributed by atoms with Gasteiger partial charge in [-0.3, -0.25) is 0 Å². The van der Waals surface area contributed by atoms with E-state index in [0.29, 0.717) is 36.7 Å². The lowest BCUT2D eigenvalue weighted by atomic mass is 10.0. The number of anilines is 2. The summed E-state index contributed by atoms with van der Waals surface area (Å²) in [5.41, 5.74) is 2.31. The topological polar surface area (TPSA) is 78.5 Å². The third-order valence-corrected chi connectivity index (χ3v) is 5.32.